The quantitative estimate of drug-likeness (QED) is 0.746. The smallest absolute Gasteiger partial charge is 0.266 e. The van der Waals surface area contributed by atoms with Crippen molar-refractivity contribution in [2.45, 2.75) is 11.8 Å². The van der Waals surface area contributed by atoms with Gasteiger partial charge in [-0.2, -0.15) is 0 Å². The van der Waals surface area contributed by atoms with Crippen LogP contribution in [-0.4, -0.2) is 24.3 Å². The first-order chi connectivity index (χ1) is 11.4. The molecule has 0 saturated carbocycles. The molecule has 24 heavy (non-hydrogen) atoms. The SMILES string of the molecule is Cc1[nH]c(=O)ccc1S(=O)(=O)NC(=O)c1ccc2cccnc2c1. The molecule has 8 heteroatoms. The average Bonchev–Trinajstić information content (AvgIpc) is 2.53. The lowest BCUT2D eigenvalue weighted by molar-refractivity contribution is 0.0981. The molecule has 1 amide bonds. The van der Waals surface area contributed by atoms with Gasteiger partial charge in [0.05, 0.1) is 5.52 Å². The van der Waals surface area contributed by atoms with Crippen LogP contribution in [0, 0.1) is 6.92 Å². The standard InChI is InChI=1S/C16H13N3O4S/c1-10-14(6-7-15(20)18-10)24(22,23)19-16(21)12-5-4-11-3-2-8-17-13(11)9-12/h2-9H,1H3,(H,18,20)(H,19,21). The van der Waals surface area contributed by atoms with Gasteiger partial charge in [0.15, 0.2) is 0 Å². The molecule has 2 aromatic heterocycles. The summed E-state index contributed by atoms with van der Waals surface area (Å²) in [5.74, 6) is -0.770. The van der Waals surface area contributed by atoms with Crippen LogP contribution in [0.1, 0.15) is 16.1 Å². The lowest BCUT2D eigenvalue weighted by Gasteiger charge is -2.09. The predicted molar refractivity (Wildman–Crippen MR) is 88.2 cm³/mol. The fourth-order valence-corrected chi connectivity index (χ4v) is 3.47. The summed E-state index contributed by atoms with van der Waals surface area (Å²) < 4.78 is 26.7. The molecule has 0 radical (unpaired) electrons. The maximum absolute atomic E-state index is 12.3. The van der Waals surface area contributed by atoms with Gasteiger partial charge in [0.25, 0.3) is 15.9 Å². The molecule has 3 aromatic rings. The molecular formula is C16H13N3O4S. The molecular weight excluding hydrogens is 330 g/mol. The molecule has 122 valence electrons. The Bertz CT molecular complexity index is 1100. The molecule has 7 nitrogen and oxygen atoms in total. The predicted octanol–water partition coefficient (Wildman–Crippen LogP) is 1.35. The number of sulfonamides is 1. The van der Waals surface area contributed by atoms with Crippen LogP contribution in [0.5, 0.6) is 0 Å². The number of benzene rings is 1. The van der Waals surface area contributed by atoms with Crippen molar-refractivity contribution < 1.29 is 13.2 Å². The van der Waals surface area contributed by atoms with E-state index in [1.807, 2.05) is 10.8 Å². The first-order valence-corrected chi connectivity index (χ1v) is 8.47. The van der Waals surface area contributed by atoms with E-state index in [1.54, 1.807) is 18.3 Å². The van der Waals surface area contributed by atoms with Crippen molar-refractivity contribution in [1.29, 1.82) is 0 Å². The highest BCUT2D eigenvalue weighted by atomic mass is 32.2. The molecule has 2 heterocycles. The third-order valence-corrected chi connectivity index (χ3v) is 4.93. The van der Waals surface area contributed by atoms with E-state index in [2.05, 4.69) is 9.97 Å². The van der Waals surface area contributed by atoms with Crippen molar-refractivity contribution in [2.24, 2.45) is 0 Å². The largest absolute Gasteiger partial charge is 0.325 e. The Kier molecular flexibility index (Phi) is 3.90. The summed E-state index contributed by atoms with van der Waals surface area (Å²) in [5, 5.41) is 0.841. The molecule has 0 aliphatic carbocycles. The lowest BCUT2D eigenvalue weighted by Crippen LogP contribution is -2.31. The fourth-order valence-electron chi connectivity index (χ4n) is 2.30. The molecule has 1 aromatic carbocycles. The molecule has 0 bridgehead atoms. The highest BCUT2D eigenvalue weighted by Gasteiger charge is 2.21. The molecule has 0 aliphatic heterocycles. The van der Waals surface area contributed by atoms with Crippen LogP contribution in [0.25, 0.3) is 10.9 Å². The van der Waals surface area contributed by atoms with Crippen LogP contribution in [0.15, 0.2) is 58.4 Å². The zero-order chi connectivity index (χ0) is 17.3. The van der Waals surface area contributed by atoms with Crippen LogP contribution in [-0.2, 0) is 10.0 Å². The van der Waals surface area contributed by atoms with Crippen LogP contribution < -0.4 is 10.3 Å². The van der Waals surface area contributed by atoms with Gasteiger partial charge in [-0.1, -0.05) is 12.1 Å². The summed E-state index contributed by atoms with van der Waals surface area (Å²) in [7, 11) is -4.10. The highest BCUT2D eigenvalue weighted by molar-refractivity contribution is 7.90. The average molecular weight is 343 g/mol. The van der Waals surface area contributed by atoms with E-state index in [9.17, 15) is 18.0 Å². The number of hydrogen-bond acceptors (Lipinski definition) is 5. The van der Waals surface area contributed by atoms with Gasteiger partial charge < -0.3 is 4.98 Å². The number of aromatic amines is 1. The first-order valence-electron chi connectivity index (χ1n) is 6.99. The maximum atomic E-state index is 12.3. The van der Waals surface area contributed by atoms with Crippen LogP contribution in [0.4, 0.5) is 0 Å². The molecule has 0 unspecified atom stereocenters. The van der Waals surface area contributed by atoms with Crippen molar-refractivity contribution in [3.8, 4) is 0 Å². The minimum atomic E-state index is -4.10. The zero-order valence-corrected chi connectivity index (χ0v) is 13.4. The van der Waals surface area contributed by atoms with Crippen molar-refractivity contribution >= 4 is 26.8 Å². The number of H-pyrrole nitrogens is 1. The Balaban J connectivity index is 1.93. The second-order valence-corrected chi connectivity index (χ2v) is 6.81. The van der Waals surface area contributed by atoms with Crippen molar-refractivity contribution in [2.75, 3.05) is 0 Å². The van der Waals surface area contributed by atoms with E-state index in [1.165, 1.54) is 19.1 Å². The van der Waals surface area contributed by atoms with Crippen LogP contribution in [0.2, 0.25) is 0 Å². The number of nitrogens with zero attached hydrogens (tertiary/aromatic N) is 1. The lowest BCUT2D eigenvalue weighted by atomic mass is 10.1. The van der Waals surface area contributed by atoms with E-state index in [-0.39, 0.29) is 16.2 Å². The molecule has 0 atom stereocenters. The van der Waals surface area contributed by atoms with Gasteiger partial charge in [0.2, 0.25) is 5.56 Å². The van der Waals surface area contributed by atoms with Crippen LogP contribution >= 0.6 is 0 Å². The normalized spacial score (nSPS) is 11.4. The van der Waals surface area contributed by atoms with Crippen molar-refractivity contribution in [1.82, 2.24) is 14.7 Å². The molecule has 0 aliphatic rings. The number of hydrogen-bond donors (Lipinski definition) is 2. The Morgan fingerprint density at radius 3 is 2.71 bits per heavy atom. The summed E-state index contributed by atoms with van der Waals surface area (Å²) in [6, 6.07) is 10.6. The van der Waals surface area contributed by atoms with Gasteiger partial charge in [0.1, 0.15) is 4.90 Å². The van der Waals surface area contributed by atoms with E-state index in [0.29, 0.717) is 5.52 Å². The van der Waals surface area contributed by atoms with Gasteiger partial charge in [-0.3, -0.25) is 14.6 Å². The van der Waals surface area contributed by atoms with Crippen molar-refractivity contribution in [3.63, 3.8) is 0 Å². The number of pyridine rings is 2. The van der Waals surface area contributed by atoms with Crippen molar-refractivity contribution in [3.05, 3.63) is 70.3 Å². The van der Waals surface area contributed by atoms with Gasteiger partial charge in [-0.15, -0.1) is 0 Å². The second-order valence-electron chi connectivity index (χ2n) is 5.16. The summed E-state index contributed by atoms with van der Waals surface area (Å²) >= 11 is 0. The van der Waals surface area contributed by atoms with E-state index in [0.717, 1.165) is 17.5 Å². The zero-order valence-electron chi connectivity index (χ0n) is 12.6. The van der Waals surface area contributed by atoms with Gasteiger partial charge in [-0.05, 0) is 31.2 Å². The first kappa shape index (κ1) is 15.9. The molecule has 0 spiro atoms. The topological polar surface area (TPSA) is 109 Å². The molecule has 0 saturated heterocycles. The Labute approximate surface area is 137 Å². The molecule has 0 fully saturated rings. The van der Waals surface area contributed by atoms with Gasteiger partial charge >= 0.3 is 0 Å². The number of amides is 1. The number of nitrogens with one attached hydrogen (secondary N) is 2. The van der Waals surface area contributed by atoms with E-state index >= 15 is 0 Å². The summed E-state index contributed by atoms with van der Waals surface area (Å²) in [6.07, 6.45) is 1.59. The second kappa shape index (κ2) is 5.89. The van der Waals surface area contributed by atoms with Crippen LogP contribution in [0.3, 0.4) is 0 Å². The van der Waals surface area contributed by atoms with E-state index in [4.69, 9.17) is 0 Å². The number of carbonyl (C=O) groups is 1. The molecule has 2 N–H and O–H groups in total. The highest BCUT2D eigenvalue weighted by Crippen LogP contribution is 2.15. The number of aromatic nitrogens is 2. The number of rotatable bonds is 3. The fraction of sp³-hybridized carbons (Fsp3) is 0.0625. The minimum Gasteiger partial charge on any atom is -0.325 e. The number of carbonyl (C=O) groups excluding carboxylic acids is 1. The Hall–Kier alpha value is -3.00. The van der Waals surface area contributed by atoms with Gasteiger partial charge in [-0.25, -0.2) is 13.1 Å². The summed E-state index contributed by atoms with van der Waals surface area (Å²) in [6.45, 7) is 1.44. The number of fused-ring (bicyclic) bond motifs is 1. The van der Waals surface area contributed by atoms with E-state index < -0.39 is 21.5 Å². The minimum absolute atomic E-state index is 0.156. The van der Waals surface area contributed by atoms with Gasteiger partial charge in [0, 0.05) is 28.9 Å². The third-order valence-electron chi connectivity index (χ3n) is 3.45. The summed E-state index contributed by atoms with van der Waals surface area (Å²) in [5.41, 5.74) is 0.496. The monoisotopic (exact) mass is 343 g/mol. The number of aryl methyl sites for hydroxylation is 1. The Morgan fingerprint density at radius 1 is 1.17 bits per heavy atom. The molecule has 3 rings (SSSR count). The Morgan fingerprint density at radius 2 is 1.96 bits per heavy atom. The summed E-state index contributed by atoms with van der Waals surface area (Å²) in [4.78, 5) is 29.8. The maximum Gasteiger partial charge on any atom is 0.266 e. The third kappa shape index (κ3) is 3.04.